The van der Waals surface area contributed by atoms with E-state index in [1.165, 1.54) is 6.20 Å². The van der Waals surface area contributed by atoms with Crippen LogP contribution in [0.1, 0.15) is 0 Å². The third-order valence-corrected chi connectivity index (χ3v) is 2.36. The summed E-state index contributed by atoms with van der Waals surface area (Å²) in [5.74, 6) is 0.190. The molecule has 4 nitrogen and oxygen atoms in total. The van der Waals surface area contributed by atoms with Crippen molar-refractivity contribution in [3.05, 3.63) is 48.7 Å². The maximum atomic E-state index is 10.4. The number of aromatic nitrogens is 1. The van der Waals surface area contributed by atoms with Gasteiger partial charge in [0.15, 0.2) is 5.82 Å². The van der Waals surface area contributed by atoms with Gasteiger partial charge >= 0.3 is 10.5 Å². The molecule has 0 saturated carbocycles. The van der Waals surface area contributed by atoms with E-state index < -0.39 is 10.5 Å². The summed E-state index contributed by atoms with van der Waals surface area (Å²) in [7, 11) is -2.47. The summed E-state index contributed by atoms with van der Waals surface area (Å²) in [5, 5.41) is 0. The first-order valence-electron chi connectivity index (χ1n) is 4.58. The third-order valence-electron chi connectivity index (χ3n) is 2.02. The van der Waals surface area contributed by atoms with Crippen molar-refractivity contribution in [3.63, 3.8) is 0 Å². The molecule has 0 radical (unpaired) electrons. The van der Waals surface area contributed by atoms with E-state index in [1.54, 1.807) is 6.07 Å². The van der Waals surface area contributed by atoms with Gasteiger partial charge in [-0.05, 0) is 23.3 Å². The minimum atomic E-state index is -2.47. The van der Waals surface area contributed by atoms with E-state index in [0.29, 0.717) is 0 Å². The Labute approximate surface area is 94.3 Å². The molecule has 0 unspecified atom stereocenters. The van der Waals surface area contributed by atoms with Crippen molar-refractivity contribution in [2.24, 2.45) is 4.36 Å². The molecule has 1 heterocycles. The van der Waals surface area contributed by atoms with E-state index in [-0.39, 0.29) is 5.82 Å². The Morgan fingerprint density at radius 3 is 2.44 bits per heavy atom. The Kier molecular flexibility index (Phi) is 3.07. The molecule has 0 fully saturated rings. The molecule has 0 spiro atoms. The Morgan fingerprint density at radius 2 is 1.75 bits per heavy atom. The van der Waals surface area contributed by atoms with Crippen LogP contribution in [-0.2, 0) is 10.5 Å². The Hall–Kier alpha value is -2.01. The molecule has 0 saturated heterocycles. The van der Waals surface area contributed by atoms with Crippen molar-refractivity contribution in [2.75, 3.05) is 0 Å². The molecule has 0 amide bonds. The van der Waals surface area contributed by atoms with Crippen molar-refractivity contribution in [3.8, 4) is 11.1 Å². The summed E-state index contributed by atoms with van der Waals surface area (Å²) in [6.07, 6.45) is 1.54. The fraction of sp³-hybridized carbons (Fsp3) is 0. The molecule has 0 bridgehead atoms. The number of rotatable bonds is 2. The minimum Gasteiger partial charge on any atom is -0.236 e. The lowest BCUT2D eigenvalue weighted by atomic mass is 10.1. The molecular formula is C11H8N2O2S. The quantitative estimate of drug-likeness (QED) is 0.799. The van der Waals surface area contributed by atoms with Crippen molar-refractivity contribution in [2.45, 2.75) is 0 Å². The molecule has 16 heavy (non-hydrogen) atoms. The van der Waals surface area contributed by atoms with E-state index in [9.17, 15) is 8.42 Å². The van der Waals surface area contributed by atoms with Crippen LogP contribution in [0.3, 0.4) is 0 Å². The first-order valence-corrected chi connectivity index (χ1v) is 5.61. The molecular weight excluding hydrogens is 224 g/mol. The summed E-state index contributed by atoms with van der Waals surface area (Å²) in [6.45, 7) is 0. The Morgan fingerprint density at radius 1 is 1.00 bits per heavy atom. The first-order chi connectivity index (χ1) is 7.75. The van der Waals surface area contributed by atoms with Crippen molar-refractivity contribution in [1.29, 1.82) is 0 Å². The van der Waals surface area contributed by atoms with E-state index in [1.807, 2.05) is 36.4 Å². The van der Waals surface area contributed by atoms with E-state index in [2.05, 4.69) is 9.35 Å². The summed E-state index contributed by atoms with van der Waals surface area (Å²) in [5.41, 5.74) is 1.89. The molecule has 0 aliphatic heterocycles. The van der Waals surface area contributed by atoms with E-state index in [4.69, 9.17) is 0 Å². The lowest BCUT2D eigenvalue weighted by molar-refractivity contribution is 0.622. The zero-order chi connectivity index (χ0) is 11.4. The molecule has 1 aromatic carbocycles. The fourth-order valence-electron chi connectivity index (χ4n) is 1.35. The second kappa shape index (κ2) is 4.67. The molecule has 2 aromatic rings. The van der Waals surface area contributed by atoms with Gasteiger partial charge in [0.05, 0.1) is 0 Å². The van der Waals surface area contributed by atoms with Gasteiger partial charge in [-0.25, -0.2) is 4.98 Å². The van der Waals surface area contributed by atoms with Crippen molar-refractivity contribution < 1.29 is 8.42 Å². The standard InChI is InChI=1S/C11H8N2O2S/c14-16(15)13-11-8-10(6-7-12-11)9-4-2-1-3-5-9/h1-8H. The molecule has 0 atom stereocenters. The van der Waals surface area contributed by atoms with Crippen LogP contribution in [0.15, 0.2) is 53.0 Å². The predicted octanol–water partition coefficient (Wildman–Crippen LogP) is 2.44. The Balaban J connectivity index is 2.48. The molecule has 0 N–H and O–H groups in total. The number of nitrogens with zero attached hydrogens (tertiary/aromatic N) is 2. The van der Waals surface area contributed by atoms with Gasteiger partial charge in [-0.3, -0.25) is 0 Å². The third kappa shape index (κ3) is 2.52. The number of pyridine rings is 1. The highest BCUT2D eigenvalue weighted by molar-refractivity contribution is 7.61. The summed E-state index contributed by atoms with van der Waals surface area (Å²) in [6, 6.07) is 13.1. The van der Waals surface area contributed by atoms with Gasteiger partial charge in [-0.15, -0.1) is 4.36 Å². The van der Waals surface area contributed by atoms with Crippen molar-refractivity contribution in [1.82, 2.24) is 4.98 Å². The van der Waals surface area contributed by atoms with Crippen LogP contribution in [0.25, 0.3) is 11.1 Å². The highest BCUT2D eigenvalue weighted by Crippen LogP contribution is 2.21. The van der Waals surface area contributed by atoms with Crippen LogP contribution >= 0.6 is 0 Å². The molecule has 0 aliphatic carbocycles. The molecule has 0 aliphatic rings. The average Bonchev–Trinajstić information content (AvgIpc) is 2.30. The van der Waals surface area contributed by atoms with Gasteiger partial charge in [0, 0.05) is 6.20 Å². The van der Waals surface area contributed by atoms with Crippen molar-refractivity contribution >= 4 is 16.3 Å². The minimum absolute atomic E-state index is 0.190. The molecule has 1 aromatic heterocycles. The lowest BCUT2D eigenvalue weighted by Gasteiger charge is -2.00. The highest BCUT2D eigenvalue weighted by atomic mass is 32.2. The highest BCUT2D eigenvalue weighted by Gasteiger charge is 1.98. The summed E-state index contributed by atoms with van der Waals surface area (Å²) in [4.78, 5) is 3.85. The zero-order valence-electron chi connectivity index (χ0n) is 8.24. The van der Waals surface area contributed by atoms with E-state index in [0.717, 1.165) is 11.1 Å². The number of benzene rings is 1. The summed E-state index contributed by atoms with van der Waals surface area (Å²) < 4.78 is 24.2. The number of hydrogen-bond acceptors (Lipinski definition) is 4. The summed E-state index contributed by atoms with van der Waals surface area (Å²) >= 11 is 0. The predicted molar refractivity (Wildman–Crippen MR) is 60.7 cm³/mol. The van der Waals surface area contributed by atoms with Crippen LogP contribution in [0, 0.1) is 0 Å². The zero-order valence-corrected chi connectivity index (χ0v) is 9.05. The largest absolute Gasteiger partial charge is 0.317 e. The topological polar surface area (TPSA) is 59.4 Å². The van der Waals surface area contributed by atoms with Crippen LogP contribution in [0.5, 0.6) is 0 Å². The molecule has 2 rings (SSSR count). The maximum absolute atomic E-state index is 10.4. The van der Waals surface area contributed by atoms with E-state index >= 15 is 0 Å². The van der Waals surface area contributed by atoms with Gasteiger partial charge in [0.2, 0.25) is 0 Å². The Bertz CT molecular complexity index is 613. The second-order valence-electron chi connectivity index (χ2n) is 3.08. The first kappa shape index (κ1) is 10.5. The molecule has 5 heteroatoms. The van der Waals surface area contributed by atoms with Crippen LogP contribution in [0.4, 0.5) is 5.82 Å². The van der Waals surface area contributed by atoms with Crippen LogP contribution in [0.2, 0.25) is 0 Å². The number of hydrogen-bond donors (Lipinski definition) is 0. The molecule has 80 valence electrons. The van der Waals surface area contributed by atoms with Crippen LogP contribution in [-0.4, -0.2) is 13.4 Å². The SMILES string of the molecule is O=S(=O)=Nc1cc(-c2ccccc2)ccn1. The van der Waals surface area contributed by atoms with Gasteiger partial charge in [-0.1, -0.05) is 30.3 Å². The van der Waals surface area contributed by atoms with Gasteiger partial charge < -0.3 is 0 Å². The smallest absolute Gasteiger partial charge is 0.236 e. The lowest BCUT2D eigenvalue weighted by Crippen LogP contribution is -1.79. The second-order valence-corrected chi connectivity index (χ2v) is 3.69. The van der Waals surface area contributed by atoms with Gasteiger partial charge in [0.25, 0.3) is 0 Å². The fourth-order valence-corrected chi connectivity index (χ4v) is 1.61. The normalized spacial score (nSPS) is 9.75. The van der Waals surface area contributed by atoms with Crippen LogP contribution < -0.4 is 0 Å². The van der Waals surface area contributed by atoms with Gasteiger partial charge in [0.1, 0.15) is 0 Å². The van der Waals surface area contributed by atoms with Gasteiger partial charge in [-0.2, -0.15) is 8.42 Å². The maximum Gasteiger partial charge on any atom is 0.317 e. The average molecular weight is 232 g/mol. The monoisotopic (exact) mass is 232 g/mol.